The van der Waals surface area contributed by atoms with Crippen LogP contribution in [0.4, 0.5) is 0 Å². The summed E-state index contributed by atoms with van der Waals surface area (Å²) in [5, 5.41) is 0. The zero-order chi connectivity index (χ0) is 8.65. The van der Waals surface area contributed by atoms with Gasteiger partial charge in [-0.05, 0) is 25.7 Å². The second kappa shape index (κ2) is 6.14. The molecule has 1 fully saturated rings. The minimum Gasteiger partial charge on any atom is -0.353 e. The predicted octanol–water partition coefficient (Wildman–Crippen LogP) is 1.51. The first-order valence-corrected chi connectivity index (χ1v) is 4.60. The normalized spacial score (nSPS) is 23.8. The van der Waals surface area contributed by atoms with Gasteiger partial charge in [0, 0.05) is 13.0 Å². The third-order valence-corrected chi connectivity index (χ3v) is 1.91. The molecule has 3 nitrogen and oxygen atoms in total. The fraction of sp³-hybridized carbons (Fsp3) is 0.889. The molecule has 1 aliphatic rings. The minimum atomic E-state index is -0.00889. The summed E-state index contributed by atoms with van der Waals surface area (Å²) in [4.78, 5) is 9.97. The third kappa shape index (κ3) is 3.83. The highest BCUT2D eigenvalue weighted by molar-refractivity contribution is 5.48. The van der Waals surface area contributed by atoms with Crippen LogP contribution in [0.3, 0.4) is 0 Å². The van der Waals surface area contributed by atoms with Crippen LogP contribution in [0, 0.1) is 0 Å². The summed E-state index contributed by atoms with van der Waals surface area (Å²) in [5.41, 5.74) is 0. The van der Waals surface area contributed by atoms with E-state index >= 15 is 0 Å². The smallest absolute Gasteiger partial charge is 0.157 e. The van der Waals surface area contributed by atoms with Gasteiger partial charge in [-0.2, -0.15) is 0 Å². The van der Waals surface area contributed by atoms with Crippen LogP contribution >= 0.6 is 0 Å². The van der Waals surface area contributed by atoms with E-state index in [1.54, 1.807) is 0 Å². The van der Waals surface area contributed by atoms with E-state index in [0.29, 0.717) is 13.0 Å². The standard InChI is InChI=1S/C9H16O3/c10-6-2-4-8-12-9-5-1-3-7-11-9/h6,9H,1-5,7-8H2/t9-/m1/s1. The fourth-order valence-corrected chi connectivity index (χ4v) is 1.22. The van der Waals surface area contributed by atoms with E-state index in [2.05, 4.69) is 0 Å². The second-order valence-electron chi connectivity index (χ2n) is 2.98. The van der Waals surface area contributed by atoms with Crippen LogP contribution in [0.1, 0.15) is 32.1 Å². The molecule has 1 saturated heterocycles. The molecule has 70 valence electrons. The molecule has 0 spiro atoms. The number of aldehydes is 1. The van der Waals surface area contributed by atoms with Gasteiger partial charge in [0.25, 0.3) is 0 Å². The largest absolute Gasteiger partial charge is 0.353 e. The van der Waals surface area contributed by atoms with Crippen molar-refractivity contribution in [1.29, 1.82) is 0 Å². The molecule has 0 bridgehead atoms. The van der Waals surface area contributed by atoms with Crippen molar-refractivity contribution in [1.82, 2.24) is 0 Å². The van der Waals surface area contributed by atoms with Crippen molar-refractivity contribution >= 4 is 6.29 Å². The van der Waals surface area contributed by atoms with Gasteiger partial charge in [0.15, 0.2) is 6.29 Å². The van der Waals surface area contributed by atoms with Crippen molar-refractivity contribution in [3.8, 4) is 0 Å². The maximum atomic E-state index is 9.97. The average Bonchev–Trinajstić information content (AvgIpc) is 2.14. The first-order chi connectivity index (χ1) is 5.93. The van der Waals surface area contributed by atoms with Crippen LogP contribution < -0.4 is 0 Å². The van der Waals surface area contributed by atoms with Crippen LogP contribution in [0.5, 0.6) is 0 Å². The lowest BCUT2D eigenvalue weighted by atomic mass is 10.2. The van der Waals surface area contributed by atoms with E-state index in [1.165, 1.54) is 6.42 Å². The summed E-state index contributed by atoms with van der Waals surface area (Å²) >= 11 is 0. The lowest BCUT2D eigenvalue weighted by Gasteiger charge is -2.22. The van der Waals surface area contributed by atoms with Crippen LogP contribution in [0.25, 0.3) is 0 Å². The Morgan fingerprint density at radius 3 is 3.08 bits per heavy atom. The Morgan fingerprint density at radius 2 is 2.42 bits per heavy atom. The Bertz CT molecular complexity index is 119. The molecular weight excluding hydrogens is 156 g/mol. The Morgan fingerprint density at radius 1 is 1.50 bits per heavy atom. The van der Waals surface area contributed by atoms with E-state index in [0.717, 1.165) is 32.2 Å². The number of hydrogen-bond acceptors (Lipinski definition) is 3. The van der Waals surface area contributed by atoms with E-state index in [4.69, 9.17) is 9.47 Å². The number of hydrogen-bond donors (Lipinski definition) is 0. The third-order valence-electron chi connectivity index (χ3n) is 1.91. The molecule has 0 unspecified atom stereocenters. The summed E-state index contributed by atoms with van der Waals surface area (Å²) in [6, 6.07) is 0. The van der Waals surface area contributed by atoms with Gasteiger partial charge in [-0.25, -0.2) is 0 Å². The van der Waals surface area contributed by atoms with E-state index in [9.17, 15) is 4.79 Å². The van der Waals surface area contributed by atoms with Crippen molar-refractivity contribution in [3.05, 3.63) is 0 Å². The molecule has 0 aromatic heterocycles. The zero-order valence-corrected chi connectivity index (χ0v) is 7.33. The minimum absolute atomic E-state index is 0.00889. The van der Waals surface area contributed by atoms with Crippen molar-refractivity contribution in [2.75, 3.05) is 13.2 Å². The van der Waals surface area contributed by atoms with E-state index < -0.39 is 0 Å². The van der Waals surface area contributed by atoms with Crippen LogP contribution in [-0.4, -0.2) is 25.8 Å². The lowest BCUT2D eigenvalue weighted by molar-refractivity contribution is -0.162. The first kappa shape index (κ1) is 9.68. The van der Waals surface area contributed by atoms with Crippen LogP contribution in [0.15, 0.2) is 0 Å². The van der Waals surface area contributed by atoms with Crippen LogP contribution in [-0.2, 0) is 14.3 Å². The molecular formula is C9H16O3. The van der Waals surface area contributed by atoms with Crippen LogP contribution in [0.2, 0.25) is 0 Å². The maximum Gasteiger partial charge on any atom is 0.157 e. The molecule has 0 radical (unpaired) electrons. The molecule has 1 rings (SSSR count). The zero-order valence-electron chi connectivity index (χ0n) is 7.33. The Kier molecular flexibility index (Phi) is 4.95. The Balaban J connectivity index is 1.94. The Hall–Kier alpha value is -0.410. The molecule has 12 heavy (non-hydrogen) atoms. The Labute approximate surface area is 73.0 Å². The molecule has 1 aliphatic heterocycles. The fourth-order valence-electron chi connectivity index (χ4n) is 1.22. The summed E-state index contributed by atoms with van der Waals surface area (Å²) < 4.78 is 10.8. The molecule has 0 aromatic carbocycles. The summed E-state index contributed by atoms with van der Waals surface area (Å²) in [6.07, 6.45) is 5.65. The number of rotatable bonds is 5. The number of unbranched alkanes of at least 4 members (excludes halogenated alkanes) is 1. The van der Waals surface area contributed by atoms with Gasteiger partial charge in [-0.3, -0.25) is 0 Å². The van der Waals surface area contributed by atoms with Gasteiger partial charge >= 0.3 is 0 Å². The van der Waals surface area contributed by atoms with Gasteiger partial charge in [0.2, 0.25) is 0 Å². The maximum absolute atomic E-state index is 9.97. The first-order valence-electron chi connectivity index (χ1n) is 4.60. The van der Waals surface area contributed by atoms with Crippen molar-refractivity contribution in [3.63, 3.8) is 0 Å². The van der Waals surface area contributed by atoms with Gasteiger partial charge in [-0.1, -0.05) is 0 Å². The highest BCUT2D eigenvalue weighted by Gasteiger charge is 2.12. The van der Waals surface area contributed by atoms with Gasteiger partial charge in [-0.15, -0.1) is 0 Å². The summed E-state index contributed by atoms with van der Waals surface area (Å²) in [6.45, 7) is 1.46. The van der Waals surface area contributed by atoms with Gasteiger partial charge in [0.1, 0.15) is 6.29 Å². The number of ether oxygens (including phenoxy) is 2. The number of carbonyl (C=O) groups excluding carboxylic acids is 1. The van der Waals surface area contributed by atoms with E-state index in [-0.39, 0.29) is 6.29 Å². The molecule has 0 N–H and O–H groups in total. The average molecular weight is 172 g/mol. The quantitative estimate of drug-likeness (QED) is 0.466. The monoisotopic (exact) mass is 172 g/mol. The molecule has 0 aromatic rings. The highest BCUT2D eigenvalue weighted by atomic mass is 16.7. The van der Waals surface area contributed by atoms with E-state index in [1.807, 2.05) is 0 Å². The number of carbonyl (C=O) groups is 1. The van der Waals surface area contributed by atoms with Gasteiger partial charge in [0.05, 0.1) is 6.61 Å². The van der Waals surface area contributed by atoms with Crippen molar-refractivity contribution in [2.24, 2.45) is 0 Å². The topological polar surface area (TPSA) is 35.5 Å². The van der Waals surface area contributed by atoms with Crippen molar-refractivity contribution < 1.29 is 14.3 Å². The van der Waals surface area contributed by atoms with Crippen molar-refractivity contribution in [2.45, 2.75) is 38.4 Å². The SMILES string of the molecule is O=CCCCO[C@@H]1CCCCO1. The molecule has 0 aliphatic carbocycles. The second-order valence-corrected chi connectivity index (χ2v) is 2.98. The van der Waals surface area contributed by atoms with Gasteiger partial charge < -0.3 is 14.3 Å². The molecule has 0 saturated carbocycles. The molecule has 0 amide bonds. The predicted molar refractivity (Wildman–Crippen MR) is 44.8 cm³/mol. The summed E-state index contributed by atoms with van der Waals surface area (Å²) in [7, 11) is 0. The molecule has 1 heterocycles. The molecule has 1 atom stereocenters. The molecule has 3 heteroatoms. The highest BCUT2D eigenvalue weighted by Crippen LogP contribution is 2.13. The lowest BCUT2D eigenvalue weighted by Crippen LogP contribution is -2.22. The summed E-state index contributed by atoms with van der Waals surface area (Å²) in [5.74, 6) is 0.